The van der Waals surface area contributed by atoms with E-state index in [1.807, 2.05) is 62.4 Å². The Hall–Kier alpha value is -3.15. The number of carbonyl (C=O) groups is 3. The molecule has 29 heavy (non-hydrogen) atoms. The van der Waals surface area contributed by atoms with Crippen LogP contribution in [0.15, 0.2) is 48.5 Å². The maximum Gasteiger partial charge on any atom is 0.328 e. The van der Waals surface area contributed by atoms with Crippen LogP contribution in [0, 0.1) is 19.8 Å². The number of methoxy groups -OCH3 is 1. The summed E-state index contributed by atoms with van der Waals surface area (Å²) in [5.74, 6) is -1.41. The predicted molar refractivity (Wildman–Crippen MR) is 110 cm³/mol. The van der Waals surface area contributed by atoms with Crippen molar-refractivity contribution in [2.24, 2.45) is 5.92 Å². The van der Waals surface area contributed by atoms with Crippen LogP contribution in [0.2, 0.25) is 0 Å². The molecule has 6 nitrogen and oxygen atoms in total. The number of amides is 2. The zero-order valence-electron chi connectivity index (χ0n) is 17.0. The zero-order valence-corrected chi connectivity index (χ0v) is 17.0. The summed E-state index contributed by atoms with van der Waals surface area (Å²) < 4.78 is 4.86. The van der Waals surface area contributed by atoms with Crippen molar-refractivity contribution in [1.82, 2.24) is 5.32 Å². The van der Waals surface area contributed by atoms with Gasteiger partial charge in [0, 0.05) is 25.1 Å². The van der Waals surface area contributed by atoms with Crippen molar-refractivity contribution in [3.63, 3.8) is 0 Å². The average Bonchev–Trinajstić information content (AvgIpc) is 3.11. The number of aryl methyl sites for hydroxylation is 1. The predicted octanol–water partition coefficient (Wildman–Crippen LogP) is 2.56. The lowest BCUT2D eigenvalue weighted by molar-refractivity contribution is -0.145. The highest BCUT2D eigenvalue weighted by atomic mass is 16.5. The summed E-state index contributed by atoms with van der Waals surface area (Å²) in [6.07, 6.45) is 0.457. The molecule has 1 aliphatic heterocycles. The van der Waals surface area contributed by atoms with Gasteiger partial charge in [0.1, 0.15) is 6.04 Å². The summed E-state index contributed by atoms with van der Waals surface area (Å²) in [5, 5.41) is 2.78. The van der Waals surface area contributed by atoms with E-state index in [1.165, 1.54) is 7.11 Å². The molecule has 3 rings (SSSR count). The zero-order chi connectivity index (χ0) is 21.0. The monoisotopic (exact) mass is 394 g/mol. The van der Waals surface area contributed by atoms with Gasteiger partial charge in [-0.2, -0.15) is 0 Å². The van der Waals surface area contributed by atoms with E-state index in [1.54, 1.807) is 4.90 Å². The van der Waals surface area contributed by atoms with Crippen LogP contribution in [0.25, 0.3) is 0 Å². The molecule has 2 atom stereocenters. The molecule has 0 unspecified atom stereocenters. The molecule has 0 aliphatic carbocycles. The SMILES string of the molecule is COC(=O)[C@H](Cc1ccccc1)NC(=O)[C@@H]1CC(=O)N(c2cccc(C)c2C)C1. The Morgan fingerprint density at radius 3 is 2.55 bits per heavy atom. The van der Waals surface area contributed by atoms with Crippen LogP contribution in [-0.4, -0.2) is 37.5 Å². The Labute approximate surface area is 170 Å². The summed E-state index contributed by atoms with van der Waals surface area (Å²) in [7, 11) is 1.30. The van der Waals surface area contributed by atoms with Crippen LogP contribution >= 0.6 is 0 Å². The minimum absolute atomic E-state index is 0.0865. The molecule has 6 heteroatoms. The van der Waals surface area contributed by atoms with E-state index in [2.05, 4.69) is 5.32 Å². The number of rotatable bonds is 6. The lowest BCUT2D eigenvalue weighted by Crippen LogP contribution is -2.46. The maximum atomic E-state index is 12.8. The van der Waals surface area contributed by atoms with Crippen LogP contribution in [0.5, 0.6) is 0 Å². The van der Waals surface area contributed by atoms with E-state index in [0.29, 0.717) is 13.0 Å². The van der Waals surface area contributed by atoms with Crippen LogP contribution in [-0.2, 0) is 25.5 Å². The largest absolute Gasteiger partial charge is 0.467 e. The van der Waals surface area contributed by atoms with Crippen molar-refractivity contribution < 1.29 is 19.1 Å². The molecule has 0 bridgehead atoms. The number of hydrogen-bond donors (Lipinski definition) is 1. The first-order valence-electron chi connectivity index (χ1n) is 9.69. The van der Waals surface area contributed by atoms with Crippen molar-refractivity contribution in [1.29, 1.82) is 0 Å². The molecule has 2 amide bonds. The molecule has 1 fully saturated rings. The number of nitrogens with zero attached hydrogens (tertiary/aromatic N) is 1. The normalized spacial score (nSPS) is 17.1. The smallest absolute Gasteiger partial charge is 0.328 e. The number of anilines is 1. The van der Waals surface area contributed by atoms with Crippen molar-refractivity contribution in [3.05, 3.63) is 65.2 Å². The number of ether oxygens (including phenoxy) is 1. The highest BCUT2D eigenvalue weighted by Gasteiger charge is 2.37. The van der Waals surface area contributed by atoms with Gasteiger partial charge in [-0.15, -0.1) is 0 Å². The topological polar surface area (TPSA) is 75.7 Å². The Morgan fingerprint density at radius 2 is 1.86 bits per heavy atom. The van der Waals surface area contributed by atoms with Gasteiger partial charge in [0.05, 0.1) is 13.0 Å². The fraction of sp³-hybridized carbons (Fsp3) is 0.348. The highest BCUT2D eigenvalue weighted by Crippen LogP contribution is 2.29. The Morgan fingerprint density at radius 1 is 1.14 bits per heavy atom. The second-order valence-electron chi connectivity index (χ2n) is 7.40. The fourth-order valence-corrected chi connectivity index (χ4v) is 3.62. The summed E-state index contributed by atoms with van der Waals surface area (Å²) >= 11 is 0. The molecule has 1 heterocycles. The summed E-state index contributed by atoms with van der Waals surface area (Å²) in [6, 6.07) is 14.4. The molecule has 2 aromatic carbocycles. The van der Waals surface area contributed by atoms with Gasteiger partial charge in [-0.3, -0.25) is 9.59 Å². The minimum atomic E-state index is -0.792. The third-order valence-electron chi connectivity index (χ3n) is 5.45. The second-order valence-corrected chi connectivity index (χ2v) is 7.40. The molecular formula is C23H26N2O4. The molecule has 0 saturated carbocycles. The van der Waals surface area contributed by atoms with Gasteiger partial charge in [0.2, 0.25) is 11.8 Å². The quantitative estimate of drug-likeness (QED) is 0.764. The van der Waals surface area contributed by atoms with E-state index in [9.17, 15) is 14.4 Å². The van der Waals surface area contributed by atoms with Gasteiger partial charge in [0.15, 0.2) is 0 Å². The molecule has 2 aromatic rings. The first kappa shape index (κ1) is 20.6. The summed E-state index contributed by atoms with van der Waals surface area (Å²) in [5.41, 5.74) is 3.87. The molecule has 1 saturated heterocycles. The van der Waals surface area contributed by atoms with Crippen molar-refractivity contribution in [2.75, 3.05) is 18.6 Å². The van der Waals surface area contributed by atoms with Gasteiger partial charge in [-0.25, -0.2) is 4.79 Å². The third-order valence-corrected chi connectivity index (χ3v) is 5.45. The number of hydrogen-bond acceptors (Lipinski definition) is 4. The molecule has 0 aromatic heterocycles. The molecule has 1 aliphatic rings. The van der Waals surface area contributed by atoms with Crippen molar-refractivity contribution >= 4 is 23.5 Å². The standard InChI is InChI=1S/C23H26N2O4/c1-15-8-7-11-20(16(15)2)25-14-18(13-21(25)26)22(27)24-19(23(28)29-3)12-17-9-5-4-6-10-17/h4-11,18-19H,12-14H2,1-3H3,(H,24,27)/t18-,19+/m1/s1. The number of carbonyl (C=O) groups excluding carboxylic acids is 3. The van der Waals surface area contributed by atoms with E-state index < -0.39 is 17.9 Å². The highest BCUT2D eigenvalue weighted by molar-refractivity contribution is 6.01. The van der Waals surface area contributed by atoms with Gasteiger partial charge in [0.25, 0.3) is 0 Å². The van der Waals surface area contributed by atoms with Crippen LogP contribution in [0.4, 0.5) is 5.69 Å². The van der Waals surface area contributed by atoms with Crippen LogP contribution in [0.3, 0.4) is 0 Å². The molecule has 1 N–H and O–H groups in total. The fourth-order valence-electron chi connectivity index (χ4n) is 3.62. The maximum absolute atomic E-state index is 12.8. The van der Waals surface area contributed by atoms with Gasteiger partial charge < -0.3 is 15.0 Å². The summed E-state index contributed by atoms with van der Waals surface area (Å²) in [4.78, 5) is 39.3. The van der Waals surface area contributed by atoms with Crippen LogP contribution in [0.1, 0.15) is 23.1 Å². The summed E-state index contributed by atoms with van der Waals surface area (Å²) in [6.45, 7) is 4.26. The first-order chi connectivity index (χ1) is 13.9. The number of esters is 1. The third kappa shape index (κ3) is 4.65. The number of benzene rings is 2. The van der Waals surface area contributed by atoms with Gasteiger partial charge in [-0.1, -0.05) is 42.5 Å². The van der Waals surface area contributed by atoms with E-state index in [4.69, 9.17) is 4.74 Å². The molecular weight excluding hydrogens is 368 g/mol. The van der Waals surface area contributed by atoms with E-state index in [-0.39, 0.29) is 18.2 Å². The Balaban J connectivity index is 1.71. The van der Waals surface area contributed by atoms with Gasteiger partial charge >= 0.3 is 5.97 Å². The Kier molecular flexibility index (Phi) is 6.32. The van der Waals surface area contributed by atoms with E-state index >= 15 is 0 Å². The van der Waals surface area contributed by atoms with Gasteiger partial charge in [-0.05, 0) is 36.6 Å². The second kappa shape index (κ2) is 8.90. The molecule has 0 spiro atoms. The molecule has 0 radical (unpaired) electrons. The van der Waals surface area contributed by atoms with Crippen molar-refractivity contribution in [3.8, 4) is 0 Å². The average molecular weight is 394 g/mol. The lowest BCUT2D eigenvalue weighted by atomic mass is 10.0. The molecule has 152 valence electrons. The van der Waals surface area contributed by atoms with Crippen LogP contribution < -0.4 is 10.2 Å². The van der Waals surface area contributed by atoms with Crippen molar-refractivity contribution in [2.45, 2.75) is 32.7 Å². The first-order valence-corrected chi connectivity index (χ1v) is 9.69. The minimum Gasteiger partial charge on any atom is -0.467 e. The number of nitrogens with one attached hydrogen (secondary N) is 1. The Bertz CT molecular complexity index is 910. The lowest BCUT2D eigenvalue weighted by Gasteiger charge is -2.21. The van der Waals surface area contributed by atoms with E-state index in [0.717, 1.165) is 22.4 Å².